The van der Waals surface area contributed by atoms with Crippen LogP contribution in [0.3, 0.4) is 0 Å². The molecular formula is C17H22ClNO. The van der Waals surface area contributed by atoms with Gasteiger partial charge in [-0.25, -0.2) is 0 Å². The summed E-state index contributed by atoms with van der Waals surface area (Å²) in [6, 6.07) is 8.67. The van der Waals surface area contributed by atoms with Gasteiger partial charge in [0.2, 0.25) is 0 Å². The average molecular weight is 292 g/mol. The summed E-state index contributed by atoms with van der Waals surface area (Å²) < 4.78 is 6.06. The number of halogens is 1. The van der Waals surface area contributed by atoms with E-state index in [2.05, 4.69) is 31.3 Å². The van der Waals surface area contributed by atoms with Crippen LogP contribution in [-0.2, 0) is 0 Å². The van der Waals surface area contributed by atoms with E-state index in [0.717, 1.165) is 23.3 Å². The Bertz CT molecular complexity index is 590. The van der Waals surface area contributed by atoms with Crippen LogP contribution in [0.1, 0.15) is 44.8 Å². The van der Waals surface area contributed by atoms with E-state index in [1.54, 1.807) is 0 Å². The second kappa shape index (κ2) is 5.79. The summed E-state index contributed by atoms with van der Waals surface area (Å²) in [7, 11) is 0. The van der Waals surface area contributed by atoms with Crippen LogP contribution in [-0.4, -0.2) is 12.6 Å². The first-order valence-corrected chi connectivity index (χ1v) is 7.94. The maximum absolute atomic E-state index is 6.21. The maximum atomic E-state index is 6.21. The minimum atomic E-state index is 0.532. The van der Waals surface area contributed by atoms with Crippen molar-refractivity contribution >= 4 is 22.6 Å². The highest BCUT2D eigenvalue weighted by atomic mass is 35.5. The van der Waals surface area contributed by atoms with Crippen molar-refractivity contribution in [1.29, 1.82) is 0 Å². The fourth-order valence-corrected chi connectivity index (χ4v) is 3.49. The lowest BCUT2D eigenvalue weighted by Gasteiger charge is -2.19. The molecule has 108 valence electrons. The summed E-state index contributed by atoms with van der Waals surface area (Å²) in [5, 5.41) is 5.40. The summed E-state index contributed by atoms with van der Waals surface area (Å²) in [6.07, 6.45) is 3.80. The van der Waals surface area contributed by atoms with Crippen molar-refractivity contribution < 1.29 is 4.42 Å². The van der Waals surface area contributed by atoms with Crippen molar-refractivity contribution in [2.45, 2.75) is 45.1 Å². The van der Waals surface area contributed by atoms with Crippen LogP contribution in [0.25, 0.3) is 11.0 Å². The molecule has 2 aromatic rings. The first-order chi connectivity index (χ1) is 9.65. The minimum absolute atomic E-state index is 0.532. The van der Waals surface area contributed by atoms with E-state index >= 15 is 0 Å². The van der Waals surface area contributed by atoms with Crippen molar-refractivity contribution in [3.05, 3.63) is 35.0 Å². The van der Waals surface area contributed by atoms with Gasteiger partial charge in [0.15, 0.2) is 5.58 Å². The third kappa shape index (κ3) is 2.72. The van der Waals surface area contributed by atoms with Crippen LogP contribution in [0.2, 0.25) is 5.02 Å². The molecule has 1 aliphatic rings. The Morgan fingerprint density at radius 3 is 2.95 bits per heavy atom. The van der Waals surface area contributed by atoms with E-state index in [0.29, 0.717) is 22.9 Å². The molecule has 3 heteroatoms. The summed E-state index contributed by atoms with van der Waals surface area (Å²) in [5.74, 6) is 2.32. The molecule has 3 rings (SSSR count). The number of para-hydroxylation sites is 1. The van der Waals surface area contributed by atoms with E-state index in [1.165, 1.54) is 19.3 Å². The van der Waals surface area contributed by atoms with Crippen molar-refractivity contribution in [3.8, 4) is 0 Å². The zero-order valence-electron chi connectivity index (χ0n) is 12.2. The Balaban J connectivity index is 1.84. The predicted molar refractivity (Wildman–Crippen MR) is 84.4 cm³/mol. The van der Waals surface area contributed by atoms with E-state index in [1.807, 2.05) is 12.1 Å². The van der Waals surface area contributed by atoms with Crippen LogP contribution < -0.4 is 5.32 Å². The van der Waals surface area contributed by atoms with Gasteiger partial charge < -0.3 is 9.73 Å². The first kappa shape index (κ1) is 14.0. The molecule has 2 atom stereocenters. The van der Waals surface area contributed by atoms with Crippen LogP contribution in [0.4, 0.5) is 0 Å². The quantitative estimate of drug-likeness (QED) is 0.860. The van der Waals surface area contributed by atoms with Crippen molar-refractivity contribution in [1.82, 2.24) is 5.32 Å². The van der Waals surface area contributed by atoms with Crippen LogP contribution in [0.15, 0.2) is 28.7 Å². The molecule has 1 saturated carbocycles. The van der Waals surface area contributed by atoms with Gasteiger partial charge in [0, 0.05) is 17.3 Å². The lowest BCUT2D eigenvalue weighted by Crippen LogP contribution is -2.29. The standard InChI is InChI=1S/C17H22ClNO/c1-11(2)19-10-13-6-3-7-14(13)16-9-12-5-4-8-15(18)17(12)20-16/h4-5,8-9,11,13-14,19H,3,6-7,10H2,1-2H3. The molecular weight excluding hydrogens is 270 g/mol. The molecule has 1 aromatic carbocycles. The van der Waals surface area contributed by atoms with Gasteiger partial charge in [0.05, 0.1) is 5.02 Å². The van der Waals surface area contributed by atoms with Crippen LogP contribution in [0.5, 0.6) is 0 Å². The summed E-state index contributed by atoms with van der Waals surface area (Å²) in [6.45, 7) is 5.48. The number of nitrogens with one attached hydrogen (secondary N) is 1. The fraction of sp³-hybridized carbons (Fsp3) is 0.529. The lowest BCUT2D eigenvalue weighted by molar-refractivity contribution is 0.379. The zero-order chi connectivity index (χ0) is 14.1. The number of hydrogen-bond acceptors (Lipinski definition) is 2. The van der Waals surface area contributed by atoms with Gasteiger partial charge in [0.1, 0.15) is 5.76 Å². The predicted octanol–water partition coefficient (Wildman–Crippen LogP) is 4.97. The SMILES string of the molecule is CC(C)NCC1CCCC1c1cc2cccc(Cl)c2o1. The highest BCUT2D eigenvalue weighted by molar-refractivity contribution is 6.34. The summed E-state index contributed by atoms with van der Waals surface area (Å²) in [5.41, 5.74) is 0.839. The second-order valence-corrected chi connectivity index (χ2v) is 6.57. The number of benzene rings is 1. The van der Waals surface area contributed by atoms with Gasteiger partial charge in [-0.3, -0.25) is 0 Å². The van der Waals surface area contributed by atoms with E-state index in [9.17, 15) is 0 Å². The maximum Gasteiger partial charge on any atom is 0.152 e. The van der Waals surface area contributed by atoms with Gasteiger partial charge in [-0.05, 0) is 37.4 Å². The minimum Gasteiger partial charge on any atom is -0.459 e. The van der Waals surface area contributed by atoms with Crippen molar-refractivity contribution in [2.24, 2.45) is 5.92 Å². The molecule has 0 radical (unpaired) electrons. The molecule has 0 saturated heterocycles. The largest absolute Gasteiger partial charge is 0.459 e. The molecule has 0 aliphatic heterocycles. The topological polar surface area (TPSA) is 25.2 Å². The van der Waals surface area contributed by atoms with Gasteiger partial charge in [-0.2, -0.15) is 0 Å². The fourth-order valence-electron chi connectivity index (χ4n) is 3.27. The zero-order valence-corrected chi connectivity index (χ0v) is 12.9. The number of fused-ring (bicyclic) bond motifs is 1. The van der Waals surface area contributed by atoms with E-state index in [4.69, 9.17) is 16.0 Å². The third-order valence-corrected chi connectivity index (χ3v) is 4.63. The van der Waals surface area contributed by atoms with Crippen LogP contribution >= 0.6 is 11.6 Å². The van der Waals surface area contributed by atoms with E-state index < -0.39 is 0 Å². The van der Waals surface area contributed by atoms with Gasteiger partial charge in [0.25, 0.3) is 0 Å². The van der Waals surface area contributed by atoms with Crippen molar-refractivity contribution in [3.63, 3.8) is 0 Å². The van der Waals surface area contributed by atoms with Crippen LogP contribution in [0, 0.1) is 5.92 Å². The molecule has 0 amide bonds. The molecule has 1 aliphatic carbocycles. The van der Waals surface area contributed by atoms with Gasteiger partial charge >= 0.3 is 0 Å². The summed E-state index contributed by atoms with van der Waals surface area (Å²) >= 11 is 6.21. The number of furan rings is 1. The number of rotatable bonds is 4. The Morgan fingerprint density at radius 2 is 2.20 bits per heavy atom. The Hall–Kier alpha value is -0.990. The molecule has 2 nitrogen and oxygen atoms in total. The molecule has 0 bridgehead atoms. The second-order valence-electron chi connectivity index (χ2n) is 6.17. The van der Waals surface area contributed by atoms with Crippen molar-refractivity contribution in [2.75, 3.05) is 6.54 Å². The van der Waals surface area contributed by atoms with E-state index in [-0.39, 0.29) is 0 Å². The Morgan fingerprint density at radius 1 is 1.35 bits per heavy atom. The number of hydrogen-bond donors (Lipinski definition) is 1. The highest BCUT2D eigenvalue weighted by Crippen LogP contribution is 2.42. The van der Waals surface area contributed by atoms with Gasteiger partial charge in [-0.1, -0.05) is 44.0 Å². The van der Waals surface area contributed by atoms with Gasteiger partial charge in [-0.15, -0.1) is 0 Å². The Labute approximate surface area is 125 Å². The molecule has 2 unspecified atom stereocenters. The molecule has 0 spiro atoms. The molecule has 1 aromatic heterocycles. The molecule has 1 N–H and O–H groups in total. The molecule has 1 fully saturated rings. The average Bonchev–Trinajstić information content (AvgIpc) is 3.02. The summed E-state index contributed by atoms with van der Waals surface area (Å²) in [4.78, 5) is 0. The first-order valence-electron chi connectivity index (χ1n) is 7.56. The smallest absolute Gasteiger partial charge is 0.152 e. The highest BCUT2D eigenvalue weighted by Gasteiger charge is 2.31. The molecule has 20 heavy (non-hydrogen) atoms. The normalized spacial score (nSPS) is 23.0. The third-order valence-electron chi connectivity index (χ3n) is 4.33. The monoisotopic (exact) mass is 291 g/mol. The Kier molecular flexibility index (Phi) is 4.04. The molecule has 1 heterocycles. The lowest BCUT2D eigenvalue weighted by atomic mass is 9.93.